The number of methoxy groups -OCH3 is 1. The summed E-state index contributed by atoms with van der Waals surface area (Å²) in [5.41, 5.74) is 2.28. The van der Waals surface area contributed by atoms with E-state index in [1.807, 2.05) is 48.2 Å². The first-order chi connectivity index (χ1) is 15.1. The van der Waals surface area contributed by atoms with Gasteiger partial charge < -0.3 is 19.3 Å². The monoisotopic (exact) mass is 422 g/mol. The Bertz CT molecular complexity index is 1020. The van der Waals surface area contributed by atoms with Gasteiger partial charge in [0, 0.05) is 45.0 Å². The van der Waals surface area contributed by atoms with E-state index in [1.54, 1.807) is 17.9 Å². The lowest BCUT2D eigenvalue weighted by atomic mass is 10.1. The third kappa shape index (κ3) is 4.45. The highest BCUT2D eigenvalue weighted by atomic mass is 16.5. The molecule has 0 radical (unpaired) electrons. The Morgan fingerprint density at radius 1 is 1.03 bits per heavy atom. The van der Waals surface area contributed by atoms with Gasteiger partial charge in [0.05, 0.1) is 19.4 Å². The number of hydrogen-bond donors (Lipinski definition) is 0. The third-order valence-electron chi connectivity index (χ3n) is 5.22. The fraction of sp³-hybridized carbons (Fsp3) is 0.364. The molecule has 1 amide bonds. The second-order valence-electron chi connectivity index (χ2n) is 7.24. The SMILES string of the molecule is CCOc1ccc(-c2ccc(N3CCN(C(=O)c4cn(C)nc4OC)CC3)nn2)cc1. The highest BCUT2D eigenvalue weighted by Crippen LogP contribution is 2.23. The average Bonchev–Trinajstić information content (AvgIpc) is 3.20. The van der Waals surface area contributed by atoms with Crippen LogP contribution in [0.15, 0.2) is 42.6 Å². The number of hydrogen-bond acceptors (Lipinski definition) is 7. The minimum absolute atomic E-state index is 0.0680. The van der Waals surface area contributed by atoms with Crippen LogP contribution in [0.3, 0.4) is 0 Å². The Kier molecular flexibility index (Phi) is 6.01. The number of aromatic nitrogens is 4. The van der Waals surface area contributed by atoms with Crippen LogP contribution in [0.25, 0.3) is 11.3 Å². The van der Waals surface area contributed by atoms with E-state index in [1.165, 1.54) is 7.11 Å². The Labute approximate surface area is 181 Å². The molecule has 0 unspecified atom stereocenters. The van der Waals surface area contributed by atoms with Crippen LogP contribution in [0.4, 0.5) is 5.82 Å². The molecule has 9 heteroatoms. The van der Waals surface area contributed by atoms with Gasteiger partial charge in [0.15, 0.2) is 5.82 Å². The summed E-state index contributed by atoms with van der Waals surface area (Å²) in [7, 11) is 3.29. The zero-order chi connectivity index (χ0) is 21.8. The molecule has 2 aromatic heterocycles. The number of nitrogens with zero attached hydrogens (tertiary/aromatic N) is 6. The minimum atomic E-state index is -0.0680. The number of rotatable bonds is 6. The zero-order valence-corrected chi connectivity index (χ0v) is 18.0. The van der Waals surface area contributed by atoms with Crippen LogP contribution in [0, 0.1) is 0 Å². The molecule has 4 rings (SSSR count). The van der Waals surface area contributed by atoms with E-state index >= 15 is 0 Å². The van der Waals surface area contributed by atoms with E-state index < -0.39 is 0 Å². The number of amides is 1. The molecule has 0 N–H and O–H groups in total. The van der Waals surface area contributed by atoms with Crippen molar-refractivity contribution in [3.8, 4) is 22.9 Å². The van der Waals surface area contributed by atoms with Crippen molar-refractivity contribution < 1.29 is 14.3 Å². The fourth-order valence-electron chi connectivity index (χ4n) is 3.61. The summed E-state index contributed by atoms with van der Waals surface area (Å²) >= 11 is 0. The van der Waals surface area contributed by atoms with Crippen molar-refractivity contribution >= 4 is 11.7 Å². The summed E-state index contributed by atoms with van der Waals surface area (Å²) in [5.74, 6) is 1.93. The highest BCUT2D eigenvalue weighted by Gasteiger charge is 2.26. The maximum absolute atomic E-state index is 12.8. The van der Waals surface area contributed by atoms with Crippen LogP contribution in [-0.2, 0) is 7.05 Å². The second-order valence-corrected chi connectivity index (χ2v) is 7.24. The summed E-state index contributed by atoms with van der Waals surface area (Å²) in [6, 6.07) is 11.8. The largest absolute Gasteiger partial charge is 0.494 e. The molecule has 31 heavy (non-hydrogen) atoms. The van der Waals surface area contributed by atoms with Crippen molar-refractivity contribution in [2.24, 2.45) is 7.05 Å². The molecule has 1 fully saturated rings. The molecule has 0 spiro atoms. The number of carbonyl (C=O) groups is 1. The van der Waals surface area contributed by atoms with Crippen molar-refractivity contribution in [3.05, 3.63) is 48.2 Å². The highest BCUT2D eigenvalue weighted by molar-refractivity contribution is 5.96. The lowest BCUT2D eigenvalue weighted by Crippen LogP contribution is -2.49. The van der Waals surface area contributed by atoms with Crippen LogP contribution in [0.2, 0.25) is 0 Å². The third-order valence-corrected chi connectivity index (χ3v) is 5.22. The first-order valence-electron chi connectivity index (χ1n) is 10.3. The summed E-state index contributed by atoms with van der Waals surface area (Å²) in [5, 5.41) is 13.0. The molecule has 0 aliphatic carbocycles. The van der Waals surface area contributed by atoms with Gasteiger partial charge in [0.1, 0.15) is 11.3 Å². The van der Waals surface area contributed by atoms with Crippen molar-refractivity contribution in [2.75, 3.05) is 44.8 Å². The molecule has 3 aromatic rings. The Hall–Kier alpha value is -3.62. The van der Waals surface area contributed by atoms with Crippen molar-refractivity contribution in [2.45, 2.75) is 6.92 Å². The summed E-state index contributed by atoms with van der Waals surface area (Å²) in [6.07, 6.45) is 1.69. The number of aryl methyl sites for hydroxylation is 1. The van der Waals surface area contributed by atoms with Crippen LogP contribution >= 0.6 is 0 Å². The Balaban J connectivity index is 1.38. The molecule has 0 atom stereocenters. The van der Waals surface area contributed by atoms with E-state index in [4.69, 9.17) is 9.47 Å². The van der Waals surface area contributed by atoms with E-state index in [-0.39, 0.29) is 5.91 Å². The fourth-order valence-corrected chi connectivity index (χ4v) is 3.61. The van der Waals surface area contributed by atoms with Gasteiger partial charge in [0.2, 0.25) is 5.88 Å². The number of piperazine rings is 1. The normalized spacial score (nSPS) is 13.9. The molecule has 9 nitrogen and oxygen atoms in total. The molecule has 1 saturated heterocycles. The van der Waals surface area contributed by atoms with E-state index in [9.17, 15) is 4.79 Å². The van der Waals surface area contributed by atoms with Crippen LogP contribution < -0.4 is 14.4 Å². The molecular formula is C22H26N6O3. The van der Waals surface area contributed by atoms with Gasteiger partial charge in [-0.1, -0.05) is 0 Å². The number of carbonyl (C=O) groups excluding carboxylic acids is 1. The van der Waals surface area contributed by atoms with Gasteiger partial charge in [0.25, 0.3) is 5.91 Å². The van der Waals surface area contributed by atoms with Gasteiger partial charge >= 0.3 is 0 Å². The van der Waals surface area contributed by atoms with Gasteiger partial charge in [-0.3, -0.25) is 9.48 Å². The average molecular weight is 422 g/mol. The Morgan fingerprint density at radius 2 is 1.77 bits per heavy atom. The second kappa shape index (κ2) is 9.03. The number of anilines is 1. The topological polar surface area (TPSA) is 85.6 Å². The summed E-state index contributed by atoms with van der Waals surface area (Å²) in [6.45, 7) is 5.17. The van der Waals surface area contributed by atoms with Gasteiger partial charge in [-0.05, 0) is 43.3 Å². The first-order valence-corrected chi connectivity index (χ1v) is 10.3. The molecule has 3 heterocycles. The van der Waals surface area contributed by atoms with Crippen molar-refractivity contribution in [1.29, 1.82) is 0 Å². The molecular weight excluding hydrogens is 396 g/mol. The van der Waals surface area contributed by atoms with Crippen LogP contribution in [0.5, 0.6) is 11.6 Å². The predicted molar refractivity (Wildman–Crippen MR) is 117 cm³/mol. The molecule has 1 aliphatic rings. The molecule has 0 saturated carbocycles. The van der Waals surface area contributed by atoms with Crippen molar-refractivity contribution in [1.82, 2.24) is 24.9 Å². The smallest absolute Gasteiger partial charge is 0.261 e. The zero-order valence-electron chi connectivity index (χ0n) is 18.0. The van der Waals surface area contributed by atoms with Gasteiger partial charge in [-0.15, -0.1) is 15.3 Å². The summed E-state index contributed by atoms with van der Waals surface area (Å²) < 4.78 is 12.3. The number of benzene rings is 1. The van der Waals surface area contributed by atoms with E-state index in [0.29, 0.717) is 44.2 Å². The minimum Gasteiger partial charge on any atom is -0.494 e. The van der Waals surface area contributed by atoms with Crippen LogP contribution in [0.1, 0.15) is 17.3 Å². The predicted octanol–water partition coefficient (Wildman–Crippen LogP) is 2.25. The maximum atomic E-state index is 12.8. The first kappa shape index (κ1) is 20.6. The molecule has 162 valence electrons. The number of ether oxygens (including phenoxy) is 2. The van der Waals surface area contributed by atoms with Gasteiger partial charge in [-0.25, -0.2) is 0 Å². The van der Waals surface area contributed by atoms with Crippen LogP contribution in [-0.4, -0.2) is 70.7 Å². The van der Waals surface area contributed by atoms with E-state index in [0.717, 1.165) is 22.8 Å². The summed E-state index contributed by atoms with van der Waals surface area (Å²) in [4.78, 5) is 16.8. The quantitative estimate of drug-likeness (QED) is 0.602. The molecule has 1 aliphatic heterocycles. The Morgan fingerprint density at radius 3 is 2.39 bits per heavy atom. The lowest BCUT2D eigenvalue weighted by molar-refractivity contribution is 0.0743. The lowest BCUT2D eigenvalue weighted by Gasteiger charge is -2.35. The van der Waals surface area contributed by atoms with Gasteiger partial charge in [-0.2, -0.15) is 0 Å². The molecule has 0 bridgehead atoms. The van der Waals surface area contributed by atoms with E-state index in [2.05, 4.69) is 20.2 Å². The van der Waals surface area contributed by atoms with Crippen molar-refractivity contribution in [3.63, 3.8) is 0 Å². The molecule has 1 aromatic carbocycles. The maximum Gasteiger partial charge on any atom is 0.261 e. The standard InChI is InChI=1S/C22H26N6O3/c1-4-31-17-7-5-16(6-8-17)19-9-10-20(24-23-19)27-11-13-28(14-12-27)22(29)18-15-26(2)25-21(18)30-3/h5-10,15H,4,11-14H2,1-3H3.